The maximum absolute atomic E-state index is 12.0. The zero-order valence-electron chi connectivity index (χ0n) is 12.8. The van der Waals surface area contributed by atoms with Gasteiger partial charge in [-0.05, 0) is 44.0 Å². The molecule has 21 heavy (non-hydrogen) atoms. The number of methoxy groups -OCH3 is 1. The Morgan fingerprint density at radius 2 is 1.81 bits per heavy atom. The van der Waals surface area contributed by atoms with Crippen molar-refractivity contribution in [1.82, 2.24) is 9.88 Å². The number of nitrogens with one attached hydrogen (secondary N) is 1. The number of amides is 1. The quantitative estimate of drug-likeness (QED) is 0.886. The molecule has 0 saturated heterocycles. The number of hydrogen-bond donors (Lipinski definition) is 1. The Hall–Kier alpha value is -2.23. The van der Waals surface area contributed by atoms with E-state index >= 15 is 0 Å². The fraction of sp³-hybridized carbons (Fsp3) is 0.353. The summed E-state index contributed by atoms with van der Waals surface area (Å²) in [5, 5.41) is 2.96. The largest absolute Gasteiger partial charge is 0.496 e. The maximum Gasteiger partial charge on any atom is 0.239 e. The minimum absolute atomic E-state index is 0.0345. The Morgan fingerprint density at radius 1 is 1.14 bits per heavy atom. The van der Waals surface area contributed by atoms with E-state index < -0.39 is 0 Å². The molecule has 1 aromatic carbocycles. The van der Waals surface area contributed by atoms with Crippen molar-refractivity contribution in [1.29, 1.82) is 0 Å². The Bertz CT molecular complexity index is 598. The lowest BCUT2D eigenvalue weighted by Crippen LogP contribution is -2.30. The van der Waals surface area contributed by atoms with Crippen molar-refractivity contribution in [3.8, 4) is 5.75 Å². The van der Waals surface area contributed by atoms with Crippen molar-refractivity contribution in [2.45, 2.75) is 26.8 Å². The highest BCUT2D eigenvalue weighted by atomic mass is 16.5. The number of aromatic nitrogens is 1. The van der Waals surface area contributed by atoms with Crippen LogP contribution in [0.2, 0.25) is 0 Å². The molecule has 1 N–H and O–H groups in total. The molecular formula is C17H22N2O2. The number of aryl methyl sites for hydroxylation is 2. The molecule has 0 spiro atoms. The first kappa shape index (κ1) is 15.2. The van der Waals surface area contributed by atoms with Gasteiger partial charge in [0.05, 0.1) is 7.11 Å². The third-order valence-electron chi connectivity index (χ3n) is 3.63. The fourth-order valence-corrected chi connectivity index (χ4v) is 2.39. The van der Waals surface area contributed by atoms with Gasteiger partial charge in [0.15, 0.2) is 0 Å². The van der Waals surface area contributed by atoms with Crippen molar-refractivity contribution >= 4 is 5.91 Å². The van der Waals surface area contributed by atoms with Gasteiger partial charge in [0.1, 0.15) is 12.3 Å². The van der Waals surface area contributed by atoms with E-state index in [1.54, 1.807) is 7.11 Å². The number of rotatable bonds is 6. The van der Waals surface area contributed by atoms with Gasteiger partial charge in [-0.2, -0.15) is 0 Å². The molecule has 4 nitrogen and oxygen atoms in total. The highest BCUT2D eigenvalue weighted by Crippen LogP contribution is 2.17. The molecule has 0 aliphatic carbocycles. The number of carbonyl (C=O) groups is 1. The number of ether oxygens (including phenoxy) is 1. The lowest BCUT2D eigenvalue weighted by atomic mass is 10.1. The van der Waals surface area contributed by atoms with E-state index in [1.165, 1.54) is 0 Å². The van der Waals surface area contributed by atoms with Gasteiger partial charge >= 0.3 is 0 Å². The fourth-order valence-electron chi connectivity index (χ4n) is 2.39. The van der Waals surface area contributed by atoms with Crippen LogP contribution in [-0.4, -0.2) is 24.1 Å². The molecule has 0 radical (unpaired) electrons. The normalized spacial score (nSPS) is 10.4. The van der Waals surface area contributed by atoms with Gasteiger partial charge in [0, 0.05) is 17.9 Å². The average Bonchev–Trinajstić information content (AvgIpc) is 2.79. The van der Waals surface area contributed by atoms with Crippen LogP contribution in [-0.2, 0) is 17.8 Å². The summed E-state index contributed by atoms with van der Waals surface area (Å²) in [7, 11) is 1.66. The van der Waals surface area contributed by atoms with Crippen LogP contribution in [0.3, 0.4) is 0 Å². The molecule has 1 heterocycles. The number of nitrogens with zero attached hydrogens (tertiary/aromatic N) is 1. The minimum atomic E-state index is 0.0345. The summed E-state index contributed by atoms with van der Waals surface area (Å²) in [5.74, 6) is 0.899. The van der Waals surface area contributed by atoms with Crippen LogP contribution in [0.25, 0.3) is 0 Å². The number of para-hydroxylation sites is 1. The minimum Gasteiger partial charge on any atom is -0.496 e. The van der Waals surface area contributed by atoms with Crippen molar-refractivity contribution in [2.24, 2.45) is 0 Å². The molecule has 4 heteroatoms. The second-order valence-corrected chi connectivity index (χ2v) is 5.11. The predicted molar refractivity (Wildman–Crippen MR) is 83.6 cm³/mol. The van der Waals surface area contributed by atoms with Crippen LogP contribution < -0.4 is 10.1 Å². The third kappa shape index (κ3) is 3.88. The van der Waals surface area contributed by atoms with Crippen molar-refractivity contribution in [3.63, 3.8) is 0 Å². The Morgan fingerprint density at radius 3 is 2.48 bits per heavy atom. The Kier molecular flexibility index (Phi) is 5.04. The average molecular weight is 286 g/mol. The summed E-state index contributed by atoms with van der Waals surface area (Å²) in [6.07, 6.45) is 0.763. The number of hydrogen-bond acceptors (Lipinski definition) is 2. The molecule has 1 aromatic heterocycles. The van der Waals surface area contributed by atoms with Gasteiger partial charge in [-0.25, -0.2) is 0 Å². The second-order valence-electron chi connectivity index (χ2n) is 5.11. The highest BCUT2D eigenvalue weighted by molar-refractivity contribution is 5.76. The van der Waals surface area contributed by atoms with E-state index in [9.17, 15) is 4.79 Å². The Balaban J connectivity index is 1.85. The molecule has 0 atom stereocenters. The van der Waals surface area contributed by atoms with E-state index in [4.69, 9.17) is 4.74 Å². The summed E-state index contributed by atoms with van der Waals surface area (Å²) in [6, 6.07) is 11.9. The van der Waals surface area contributed by atoms with Gasteiger partial charge in [-0.3, -0.25) is 4.79 Å². The summed E-state index contributed by atoms with van der Waals surface area (Å²) in [5.41, 5.74) is 3.31. The Labute approximate surface area is 125 Å². The molecule has 0 fully saturated rings. The molecule has 1 amide bonds. The number of benzene rings is 1. The molecular weight excluding hydrogens is 264 g/mol. The molecule has 2 aromatic rings. The molecule has 0 aliphatic heterocycles. The molecule has 0 saturated carbocycles. The second kappa shape index (κ2) is 6.97. The molecule has 0 aliphatic rings. The van der Waals surface area contributed by atoms with Crippen molar-refractivity contribution in [2.75, 3.05) is 13.7 Å². The van der Waals surface area contributed by atoms with Gasteiger partial charge in [-0.1, -0.05) is 18.2 Å². The first-order chi connectivity index (χ1) is 10.1. The molecule has 0 bridgehead atoms. The topological polar surface area (TPSA) is 43.3 Å². The zero-order valence-corrected chi connectivity index (χ0v) is 12.8. The molecule has 2 rings (SSSR count). The summed E-state index contributed by atoms with van der Waals surface area (Å²) in [6.45, 7) is 5.00. The van der Waals surface area contributed by atoms with Crippen molar-refractivity contribution < 1.29 is 9.53 Å². The van der Waals surface area contributed by atoms with Crippen LogP contribution in [0.1, 0.15) is 17.0 Å². The van der Waals surface area contributed by atoms with E-state index in [-0.39, 0.29) is 5.91 Å². The zero-order chi connectivity index (χ0) is 15.2. The van der Waals surface area contributed by atoms with E-state index in [0.29, 0.717) is 13.1 Å². The SMILES string of the molecule is COc1ccccc1CCNC(=O)Cn1c(C)ccc1C. The molecule has 112 valence electrons. The summed E-state index contributed by atoms with van der Waals surface area (Å²) in [4.78, 5) is 12.0. The van der Waals surface area contributed by atoms with Crippen molar-refractivity contribution in [3.05, 3.63) is 53.3 Å². The highest BCUT2D eigenvalue weighted by Gasteiger charge is 2.07. The van der Waals surface area contributed by atoms with Gasteiger partial charge < -0.3 is 14.6 Å². The summed E-state index contributed by atoms with van der Waals surface area (Å²) >= 11 is 0. The van der Waals surface area contributed by atoms with E-state index in [2.05, 4.69) is 5.32 Å². The number of carbonyl (C=O) groups excluding carboxylic acids is 1. The van der Waals surface area contributed by atoms with E-state index in [1.807, 2.05) is 54.8 Å². The van der Waals surface area contributed by atoms with Crippen LogP contribution in [0.4, 0.5) is 0 Å². The van der Waals surface area contributed by atoms with Gasteiger partial charge in [0.25, 0.3) is 0 Å². The lowest BCUT2D eigenvalue weighted by Gasteiger charge is -2.11. The molecule has 0 unspecified atom stereocenters. The first-order valence-electron chi connectivity index (χ1n) is 7.13. The summed E-state index contributed by atoms with van der Waals surface area (Å²) < 4.78 is 7.32. The van der Waals surface area contributed by atoms with Crippen LogP contribution in [0.15, 0.2) is 36.4 Å². The monoisotopic (exact) mass is 286 g/mol. The maximum atomic E-state index is 12.0. The van der Waals surface area contributed by atoms with Gasteiger partial charge in [-0.15, -0.1) is 0 Å². The van der Waals surface area contributed by atoms with Crippen LogP contribution in [0, 0.1) is 13.8 Å². The predicted octanol–water partition coefficient (Wildman–Crippen LogP) is 2.47. The third-order valence-corrected chi connectivity index (χ3v) is 3.63. The van der Waals surface area contributed by atoms with Crippen LogP contribution >= 0.6 is 0 Å². The van der Waals surface area contributed by atoms with E-state index in [0.717, 1.165) is 29.1 Å². The van der Waals surface area contributed by atoms with Crippen LogP contribution in [0.5, 0.6) is 5.75 Å². The first-order valence-corrected chi connectivity index (χ1v) is 7.13. The standard InChI is InChI=1S/C17H22N2O2/c1-13-8-9-14(2)19(13)12-17(20)18-11-10-15-6-4-5-7-16(15)21-3/h4-9H,10-12H2,1-3H3,(H,18,20). The lowest BCUT2D eigenvalue weighted by molar-refractivity contribution is -0.121. The smallest absolute Gasteiger partial charge is 0.239 e. The van der Waals surface area contributed by atoms with Gasteiger partial charge in [0.2, 0.25) is 5.91 Å².